The molecule has 88 valence electrons. The van der Waals surface area contributed by atoms with Gasteiger partial charge in [-0.3, -0.25) is 9.00 Å². The second-order valence-corrected chi connectivity index (χ2v) is 5.67. The van der Waals surface area contributed by atoms with Crippen LogP contribution >= 0.6 is 0 Å². The number of hydrogen-bond donors (Lipinski definition) is 2. The standard InChI is InChI=1S/C10H20N2O2S/c1-8-4-3-5-11-9(8)10(13)12-6-7-15(2)14/h8-9,11H,3-7H2,1-2H3,(H,12,13). The van der Waals surface area contributed by atoms with Gasteiger partial charge in [-0.05, 0) is 25.3 Å². The molecule has 0 aromatic carbocycles. The van der Waals surface area contributed by atoms with E-state index in [4.69, 9.17) is 0 Å². The second kappa shape index (κ2) is 6.23. The molecule has 0 spiro atoms. The van der Waals surface area contributed by atoms with Crippen molar-refractivity contribution in [2.45, 2.75) is 25.8 Å². The molecule has 0 bridgehead atoms. The maximum Gasteiger partial charge on any atom is 0.237 e. The molecule has 1 amide bonds. The monoisotopic (exact) mass is 232 g/mol. The van der Waals surface area contributed by atoms with E-state index in [0.717, 1.165) is 19.4 Å². The molecule has 0 aromatic heterocycles. The summed E-state index contributed by atoms with van der Waals surface area (Å²) in [5, 5.41) is 6.04. The molecule has 0 aromatic rings. The van der Waals surface area contributed by atoms with E-state index >= 15 is 0 Å². The third kappa shape index (κ3) is 4.30. The summed E-state index contributed by atoms with van der Waals surface area (Å²) in [6.07, 6.45) is 3.89. The Kier molecular flexibility index (Phi) is 5.25. The Balaban J connectivity index is 2.29. The number of rotatable bonds is 4. The molecule has 4 nitrogen and oxygen atoms in total. The van der Waals surface area contributed by atoms with E-state index in [1.165, 1.54) is 0 Å². The highest BCUT2D eigenvalue weighted by Gasteiger charge is 2.26. The first-order valence-corrected chi connectivity index (χ1v) is 7.15. The van der Waals surface area contributed by atoms with Gasteiger partial charge in [-0.1, -0.05) is 6.92 Å². The number of piperidine rings is 1. The normalized spacial score (nSPS) is 28.4. The molecule has 1 fully saturated rings. The van der Waals surface area contributed by atoms with Gasteiger partial charge in [0.15, 0.2) is 0 Å². The van der Waals surface area contributed by atoms with Crippen LogP contribution in [0.25, 0.3) is 0 Å². The average molecular weight is 232 g/mol. The Labute approximate surface area is 93.7 Å². The van der Waals surface area contributed by atoms with E-state index in [2.05, 4.69) is 17.6 Å². The van der Waals surface area contributed by atoms with Gasteiger partial charge in [0.25, 0.3) is 0 Å². The van der Waals surface area contributed by atoms with Gasteiger partial charge in [0.1, 0.15) is 0 Å². The van der Waals surface area contributed by atoms with Crippen LogP contribution in [0.3, 0.4) is 0 Å². The molecule has 5 heteroatoms. The number of hydrogen-bond acceptors (Lipinski definition) is 3. The van der Waals surface area contributed by atoms with Crippen LogP contribution in [0.2, 0.25) is 0 Å². The Hall–Kier alpha value is -0.420. The van der Waals surface area contributed by atoms with Crippen LogP contribution in [-0.4, -0.2) is 41.3 Å². The van der Waals surface area contributed by atoms with Crippen molar-refractivity contribution < 1.29 is 9.00 Å². The summed E-state index contributed by atoms with van der Waals surface area (Å²) in [6, 6.07) is -0.0657. The molecule has 1 saturated heterocycles. The Bertz CT molecular complexity index is 246. The number of nitrogens with one attached hydrogen (secondary N) is 2. The minimum absolute atomic E-state index is 0.0488. The first-order valence-electron chi connectivity index (χ1n) is 5.42. The topological polar surface area (TPSA) is 58.2 Å². The van der Waals surface area contributed by atoms with Gasteiger partial charge in [-0.15, -0.1) is 0 Å². The zero-order valence-corrected chi connectivity index (χ0v) is 10.2. The van der Waals surface area contributed by atoms with E-state index < -0.39 is 10.8 Å². The molecule has 0 aliphatic carbocycles. The fraction of sp³-hybridized carbons (Fsp3) is 0.900. The predicted octanol–water partition coefficient (Wildman–Crippen LogP) is -0.131. The summed E-state index contributed by atoms with van der Waals surface area (Å²) in [4.78, 5) is 11.7. The molecule has 2 N–H and O–H groups in total. The number of amides is 1. The molecule has 3 unspecified atom stereocenters. The number of carbonyl (C=O) groups is 1. The van der Waals surface area contributed by atoms with E-state index in [9.17, 15) is 9.00 Å². The van der Waals surface area contributed by atoms with Crippen LogP contribution in [0.15, 0.2) is 0 Å². The Morgan fingerprint density at radius 1 is 1.60 bits per heavy atom. The van der Waals surface area contributed by atoms with Gasteiger partial charge in [0, 0.05) is 29.4 Å². The van der Waals surface area contributed by atoms with E-state index in [-0.39, 0.29) is 11.9 Å². The predicted molar refractivity (Wildman–Crippen MR) is 62.1 cm³/mol. The highest BCUT2D eigenvalue weighted by molar-refractivity contribution is 7.84. The minimum Gasteiger partial charge on any atom is -0.354 e. The lowest BCUT2D eigenvalue weighted by Crippen LogP contribution is -2.51. The Morgan fingerprint density at radius 3 is 2.93 bits per heavy atom. The zero-order chi connectivity index (χ0) is 11.3. The smallest absolute Gasteiger partial charge is 0.237 e. The lowest BCUT2D eigenvalue weighted by Gasteiger charge is -2.28. The highest BCUT2D eigenvalue weighted by atomic mass is 32.2. The van der Waals surface area contributed by atoms with Crippen LogP contribution < -0.4 is 10.6 Å². The third-order valence-corrected chi connectivity index (χ3v) is 3.52. The largest absolute Gasteiger partial charge is 0.354 e. The van der Waals surface area contributed by atoms with E-state index in [1.807, 2.05) is 0 Å². The van der Waals surface area contributed by atoms with Gasteiger partial charge in [0.2, 0.25) is 5.91 Å². The van der Waals surface area contributed by atoms with Crippen LogP contribution in [0, 0.1) is 5.92 Å². The zero-order valence-electron chi connectivity index (χ0n) is 9.41. The lowest BCUT2D eigenvalue weighted by atomic mass is 9.92. The van der Waals surface area contributed by atoms with E-state index in [1.54, 1.807) is 6.26 Å². The van der Waals surface area contributed by atoms with Crippen molar-refractivity contribution >= 4 is 16.7 Å². The minimum atomic E-state index is -0.831. The van der Waals surface area contributed by atoms with Crippen molar-refractivity contribution in [2.75, 3.05) is 25.1 Å². The van der Waals surface area contributed by atoms with Crippen molar-refractivity contribution in [1.29, 1.82) is 0 Å². The molecular weight excluding hydrogens is 212 g/mol. The van der Waals surface area contributed by atoms with Gasteiger partial charge in [-0.25, -0.2) is 0 Å². The van der Waals surface area contributed by atoms with Gasteiger partial charge in [-0.2, -0.15) is 0 Å². The molecule has 1 heterocycles. The molecule has 15 heavy (non-hydrogen) atoms. The van der Waals surface area contributed by atoms with Crippen molar-refractivity contribution in [3.63, 3.8) is 0 Å². The maximum absolute atomic E-state index is 11.7. The van der Waals surface area contributed by atoms with Crippen molar-refractivity contribution in [1.82, 2.24) is 10.6 Å². The van der Waals surface area contributed by atoms with Crippen molar-refractivity contribution in [3.8, 4) is 0 Å². The summed E-state index contributed by atoms with van der Waals surface area (Å²) in [5.41, 5.74) is 0. The summed E-state index contributed by atoms with van der Waals surface area (Å²) in [7, 11) is -0.831. The molecular formula is C10H20N2O2S. The fourth-order valence-electron chi connectivity index (χ4n) is 1.83. The van der Waals surface area contributed by atoms with Crippen LogP contribution in [0.1, 0.15) is 19.8 Å². The number of carbonyl (C=O) groups excluding carboxylic acids is 1. The molecule has 0 saturated carbocycles. The van der Waals surface area contributed by atoms with Gasteiger partial charge in [0.05, 0.1) is 6.04 Å². The highest BCUT2D eigenvalue weighted by Crippen LogP contribution is 2.15. The summed E-state index contributed by atoms with van der Waals surface area (Å²) in [6.45, 7) is 3.52. The lowest BCUT2D eigenvalue weighted by molar-refractivity contribution is -0.124. The molecule has 3 atom stereocenters. The van der Waals surface area contributed by atoms with Crippen molar-refractivity contribution in [3.05, 3.63) is 0 Å². The second-order valence-electron chi connectivity index (χ2n) is 4.12. The first-order chi connectivity index (χ1) is 7.11. The van der Waals surface area contributed by atoms with E-state index in [0.29, 0.717) is 18.2 Å². The van der Waals surface area contributed by atoms with Crippen LogP contribution in [-0.2, 0) is 15.6 Å². The van der Waals surface area contributed by atoms with Gasteiger partial charge < -0.3 is 10.6 Å². The van der Waals surface area contributed by atoms with Crippen LogP contribution in [0.4, 0.5) is 0 Å². The van der Waals surface area contributed by atoms with Gasteiger partial charge >= 0.3 is 0 Å². The summed E-state index contributed by atoms with van der Waals surface area (Å²) < 4.78 is 10.8. The summed E-state index contributed by atoms with van der Waals surface area (Å²) in [5.74, 6) is 0.978. The fourth-order valence-corrected chi connectivity index (χ4v) is 2.22. The van der Waals surface area contributed by atoms with Crippen molar-refractivity contribution in [2.24, 2.45) is 5.92 Å². The van der Waals surface area contributed by atoms with Crippen LogP contribution in [0.5, 0.6) is 0 Å². The molecule has 1 aliphatic rings. The summed E-state index contributed by atoms with van der Waals surface area (Å²) >= 11 is 0. The average Bonchev–Trinajstić information content (AvgIpc) is 2.17. The molecule has 0 radical (unpaired) electrons. The Morgan fingerprint density at radius 2 is 2.33 bits per heavy atom. The quantitative estimate of drug-likeness (QED) is 0.710. The third-order valence-electron chi connectivity index (χ3n) is 2.74. The SMILES string of the molecule is CC1CCCNC1C(=O)NCCS(C)=O. The maximum atomic E-state index is 11.7. The first kappa shape index (κ1) is 12.6. The molecule has 1 rings (SSSR count). The molecule has 1 aliphatic heterocycles.